The minimum atomic E-state index is 0.0831. The van der Waals surface area contributed by atoms with Gasteiger partial charge in [0.15, 0.2) is 0 Å². The molecule has 1 unspecified atom stereocenters. The van der Waals surface area contributed by atoms with Crippen LogP contribution >= 0.6 is 0 Å². The van der Waals surface area contributed by atoms with Crippen molar-refractivity contribution in [2.75, 3.05) is 0 Å². The number of aryl methyl sites for hydroxylation is 1. The van der Waals surface area contributed by atoms with Gasteiger partial charge in [-0.25, -0.2) is 0 Å². The molecule has 0 saturated carbocycles. The standard InChI is InChI=1S/C17H22N2/c1-10(2)12-6-4-8-14-16(11(3)18)13-7-5-9-15(13)19-17(12)14/h4,6,8,10-11H,5,7,9,18H2,1-3H3. The second kappa shape index (κ2) is 4.61. The first-order valence-electron chi connectivity index (χ1n) is 7.29. The van der Waals surface area contributed by atoms with E-state index in [-0.39, 0.29) is 6.04 Å². The van der Waals surface area contributed by atoms with Gasteiger partial charge in [-0.3, -0.25) is 4.98 Å². The highest BCUT2D eigenvalue weighted by Crippen LogP contribution is 2.35. The van der Waals surface area contributed by atoms with Crippen molar-refractivity contribution in [3.8, 4) is 0 Å². The molecule has 1 aromatic heterocycles. The summed E-state index contributed by atoms with van der Waals surface area (Å²) < 4.78 is 0. The Morgan fingerprint density at radius 2 is 1.95 bits per heavy atom. The summed E-state index contributed by atoms with van der Waals surface area (Å²) in [5.41, 5.74) is 12.8. The minimum absolute atomic E-state index is 0.0831. The summed E-state index contributed by atoms with van der Waals surface area (Å²) in [4.78, 5) is 4.96. The number of benzene rings is 1. The van der Waals surface area contributed by atoms with Crippen molar-refractivity contribution in [2.24, 2.45) is 5.73 Å². The van der Waals surface area contributed by atoms with Crippen LogP contribution < -0.4 is 5.73 Å². The Labute approximate surface area is 115 Å². The maximum Gasteiger partial charge on any atom is 0.0743 e. The molecule has 1 atom stereocenters. The Bertz CT molecular complexity index is 627. The molecule has 0 amide bonds. The Hall–Kier alpha value is -1.41. The van der Waals surface area contributed by atoms with Crippen LogP contribution in [0.3, 0.4) is 0 Å². The molecule has 1 heterocycles. The number of nitrogens with zero attached hydrogens (tertiary/aromatic N) is 1. The summed E-state index contributed by atoms with van der Waals surface area (Å²) >= 11 is 0. The van der Waals surface area contributed by atoms with Crippen molar-refractivity contribution < 1.29 is 0 Å². The molecule has 0 radical (unpaired) electrons. The Balaban J connectivity index is 2.40. The number of aromatic nitrogens is 1. The van der Waals surface area contributed by atoms with E-state index in [9.17, 15) is 0 Å². The lowest BCUT2D eigenvalue weighted by Crippen LogP contribution is -2.11. The zero-order chi connectivity index (χ0) is 13.6. The van der Waals surface area contributed by atoms with Gasteiger partial charge in [0.05, 0.1) is 5.52 Å². The number of hydrogen-bond acceptors (Lipinski definition) is 2. The molecule has 1 aliphatic carbocycles. The molecule has 0 fully saturated rings. The topological polar surface area (TPSA) is 38.9 Å². The molecule has 0 saturated heterocycles. The predicted molar refractivity (Wildman–Crippen MR) is 80.5 cm³/mol. The van der Waals surface area contributed by atoms with E-state index in [1.807, 2.05) is 0 Å². The monoisotopic (exact) mass is 254 g/mol. The van der Waals surface area contributed by atoms with Gasteiger partial charge in [0.1, 0.15) is 0 Å². The lowest BCUT2D eigenvalue weighted by Gasteiger charge is -2.18. The zero-order valence-corrected chi connectivity index (χ0v) is 12.0. The van der Waals surface area contributed by atoms with Gasteiger partial charge in [-0.1, -0.05) is 32.0 Å². The van der Waals surface area contributed by atoms with Gasteiger partial charge in [-0.15, -0.1) is 0 Å². The number of pyridine rings is 1. The molecule has 2 nitrogen and oxygen atoms in total. The molecule has 3 rings (SSSR count). The van der Waals surface area contributed by atoms with Crippen molar-refractivity contribution in [3.63, 3.8) is 0 Å². The summed E-state index contributed by atoms with van der Waals surface area (Å²) in [7, 11) is 0. The van der Waals surface area contributed by atoms with Crippen molar-refractivity contribution in [2.45, 2.75) is 52.0 Å². The summed E-state index contributed by atoms with van der Waals surface area (Å²) in [6.45, 7) is 6.56. The molecule has 0 bridgehead atoms. The summed E-state index contributed by atoms with van der Waals surface area (Å²) in [5.74, 6) is 0.497. The van der Waals surface area contributed by atoms with E-state index in [0.29, 0.717) is 5.92 Å². The molecule has 0 spiro atoms. The van der Waals surface area contributed by atoms with Crippen molar-refractivity contribution >= 4 is 10.9 Å². The first-order valence-corrected chi connectivity index (χ1v) is 7.29. The first kappa shape index (κ1) is 12.6. The highest BCUT2D eigenvalue weighted by molar-refractivity contribution is 5.87. The van der Waals surface area contributed by atoms with Crippen molar-refractivity contribution in [1.29, 1.82) is 0 Å². The van der Waals surface area contributed by atoms with Crippen LogP contribution in [0, 0.1) is 0 Å². The Kier molecular flexibility index (Phi) is 3.06. The van der Waals surface area contributed by atoms with Crippen LogP contribution in [-0.2, 0) is 12.8 Å². The highest BCUT2D eigenvalue weighted by atomic mass is 14.7. The maximum absolute atomic E-state index is 6.25. The Morgan fingerprint density at radius 1 is 1.16 bits per heavy atom. The van der Waals surface area contributed by atoms with Gasteiger partial charge in [0.25, 0.3) is 0 Å². The third-order valence-corrected chi connectivity index (χ3v) is 4.20. The van der Waals surface area contributed by atoms with Gasteiger partial charge in [0, 0.05) is 17.1 Å². The van der Waals surface area contributed by atoms with Gasteiger partial charge < -0.3 is 5.73 Å². The molecule has 2 heteroatoms. The lowest BCUT2D eigenvalue weighted by atomic mass is 9.92. The Morgan fingerprint density at radius 3 is 2.63 bits per heavy atom. The quantitative estimate of drug-likeness (QED) is 0.883. The third-order valence-electron chi connectivity index (χ3n) is 4.20. The van der Waals surface area contributed by atoms with E-state index in [0.717, 1.165) is 12.8 Å². The van der Waals surface area contributed by atoms with Crippen LogP contribution in [0.1, 0.15) is 61.5 Å². The van der Waals surface area contributed by atoms with Crippen LogP contribution in [0.5, 0.6) is 0 Å². The highest BCUT2D eigenvalue weighted by Gasteiger charge is 2.22. The average Bonchev–Trinajstić information content (AvgIpc) is 2.81. The molecule has 2 N–H and O–H groups in total. The zero-order valence-electron chi connectivity index (χ0n) is 12.0. The van der Waals surface area contributed by atoms with Gasteiger partial charge in [-0.05, 0) is 48.8 Å². The van der Waals surface area contributed by atoms with Crippen LogP contribution in [0.4, 0.5) is 0 Å². The molecule has 0 aliphatic heterocycles. The largest absolute Gasteiger partial charge is 0.324 e. The third kappa shape index (κ3) is 1.95. The predicted octanol–water partition coefficient (Wildman–Crippen LogP) is 3.87. The first-order chi connectivity index (χ1) is 9.09. The van der Waals surface area contributed by atoms with Crippen molar-refractivity contribution in [1.82, 2.24) is 4.98 Å². The SMILES string of the molecule is CC(C)c1cccc2c(C(C)N)c3c(nc12)CCC3. The summed E-state index contributed by atoms with van der Waals surface area (Å²) in [5, 5.41) is 1.27. The van der Waals surface area contributed by atoms with Gasteiger partial charge in [-0.2, -0.15) is 0 Å². The van der Waals surface area contributed by atoms with Gasteiger partial charge in [0.2, 0.25) is 0 Å². The molecular weight excluding hydrogens is 232 g/mol. The fourth-order valence-corrected chi connectivity index (χ4v) is 3.33. The second-order valence-corrected chi connectivity index (χ2v) is 5.99. The van der Waals surface area contributed by atoms with E-state index in [1.54, 1.807) is 0 Å². The van der Waals surface area contributed by atoms with Crippen LogP contribution in [0.2, 0.25) is 0 Å². The molecule has 19 heavy (non-hydrogen) atoms. The molecule has 1 aliphatic rings. The number of hydrogen-bond donors (Lipinski definition) is 1. The van der Waals surface area contributed by atoms with E-state index in [4.69, 9.17) is 10.7 Å². The number of nitrogens with two attached hydrogens (primary N) is 1. The lowest BCUT2D eigenvalue weighted by molar-refractivity contribution is 0.805. The molecule has 2 aromatic rings. The van der Waals surface area contributed by atoms with E-state index in [2.05, 4.69) is 39.0 Å². The number of fused-ring (bicyclic) bond motifs is 2. The number of rotatable bonds is 2. The smallest absolute Gasteiger partial charge is 0.0743 e. The van der Waals surface area contributed by atoms with Crippen LogP contribution in [0.25, 0.3) is 10.9 Å². The fraction of sp³-hybridized carbons (Fsp3) is 0.471. The minimum Gasteiger partial charge on any atom is -0.324 e. The van der Waals surface area contributed by atoms with E-state index < -0.39 is 0 Å². The van der Waals surface area contributed by atoms with Crippen LogP contribution in [-0.4, -0.2) is 4.98 Å². The van der Waals surface area contributed by atoms with Crippen molar-refractivity contribution in [3.05, 3.63) is 40.6 Å². The molecule has 100 valence electrons. The number of para-hydroxylation sites is 1. The normalized spacial score (nSPS) is 16.1. The second-order valence-electron chi connectivity index (χ2n) is 5.99. The van der Waals surface area contributed by atoms with E-state index >= 15 is 0 Å². The molecular formula is C17H22N2. The fourth-order valence-electron chi connectivity index (χ4n) is 3.33. The van der Waals surface area contributed by atoms with Crippen LogP contribution in [0.15, 0.2) is 18.2 Å². The van der Waals surface area contributed by atoms with Gasteiger partial charge >= 0.3 is 0 Å². The summed E-state index contributed by atoms with van der Waals surface area (Å²) in [6.07, 6.45) is 3.47. The maximum atomic E-state index is 6.25. The molecule has 1 aromatic carbocycles. The average molecular weight is 254 g/mol. The van der Waals surface area contributed by atoms with E-state index in [1.165, 1.54) is 39.7 Å². The summed E-state index contributed by atoms with van der Waals surface area (Å²) in [6, 6.07) is 6.62.